The van der Waals surface area contributed by atoms with E-state index in [2.05, 4.69) is 12.0 Å². The van der Waals surface area contributed by atoms with Crippen LogP contribution in [0.3, 0.4) is 0 Å². The third-order valence-corrected chi connectivity index (χ3v) is 1.90. The van der Waals surface area contributed by atoms with Gasteiger partial charge in [-0.05, 0) is 6.42 Å². The minimum Gasteiger partial charge on any atom is -0.381 e. The number of anilines is 1. The number of aromatic nitrogens is 2. The van der Waals surface area contributed by atoms with Crippen LogP contribution in [0.15, 0.2) is 6.20 Å². The molecule has 0 saturated carbocycles. The molecule has 4 heteroatoms. The molecule has 0 saturated heterocycles. The fourth-order valence-corrected chi connectivity index (χ4v) is 1.16. The molecule has 0 unspecified atom stereocenters. The van der Waals surface area contributed by atoms with Gasteiger partial charge in [-0.15, -0.1) is 0 Å². The van der Waals surface area contributed by atoms with Gasteiger partial charge in [-0.25, -0.2) is 0 Å². The van der Waals surface area contributed by atoms with Crippen molar-refractivity contribution in [2.45, 2.75) is 32.7 Å². The lowest BCUT2D eigenvalue weighted by Gasteiger charge is -1.98. The fraction of sp³-hybridized carbons (Fsp3) is 0.556. The lowest BCUT2D eigenvalue weighted by molar-refractivity contribution is 0.555. The number of hydrogen-bond donors (Lipinski definition) is 1. The predicted molar refractivity (Wildman–Crippen MR) is 50.9 cm³/mol. The highest BCUT2D eigenvalue weighted by Crippen LogP contribution is 2.07. The average molecular weight is 178 g/mol. The van der Waals surface area contributed by atoms with Gasteiger partial charge in [0.2, 0.25) is 0 Å². The summed E-state index contributed by atoms with van der Waals surface area (Å²) in [6.07, 6.45) is 5.15. The fourth-order valence-electron chi connectivity index (χ4n) is 1.16. The number of aryl methyl sites for hydroxylation is 1. The van der Waals surface area contributed by atoms with Crippen LogP contribution in [0.1, 0.15) is 31.7 Å². The molecule has 0 fully saturated rings. The van der Waals surface area contributed by atoms with Gasteiger partial charge in [-0.2, -0.15) is 10.4 Å². The molecule has 0 radical (unpaired) electrons. The van der Waals surface area contributed by atoms with Crippen molar-refractivity contribution >= 4 is 5.82 Å². The van der Waals surface area contributed by atoms with Gasteiger partial charge in [0.15, 0.2) is 5.82 Å². The van der Waals surface area contributed by atoms with E-state index in [4.69, 9.17) is 11.0 Å². The Hall–Kier alpha value is -1.50. The van der Waals surface area contributed by atoms with Gasteiger partial charge < -0.3 is 5.73 Å². The second kappa shape index (κ2) is 4.51. The van der Waals surface area contributed by atoms with E-state index < -0.39 is 0 Å². The van der Waals surface area contributed by atoms with Crippen molar-refractivity contribution in [3.8, 4) is 6.07 Å². The second-order valence-corrected chi connectivity index (χ2v) is 3.01. The van der Waals surface area contributed by atoms with Crippen LogP contribution in [-0.4, -0.2) is 9.78 Å². The molecule has 0 aliphatic heterocycles. The number of rotatable bonds is 4. The Balaban J connectivity index is 2.54. The molecule has 1 heterocycles. The van der Waals surface area contributed by atoms with Crippen molar-refractivity contribution in [1.29, 1.82) is 5.26 Å². The van der Waals surface area contributed by atoms with Crippen LogP contribution >= 0.6 is 0 Å². The standard InChI is InChI=1S/C9H14N4/c1-2-3-4-5-13-7-8(6-10)9(11)12-13/h7H,2-5H2,1H3,(H2,11,12). The number of nitrogens with zero attached hydrogens (tertiary/aromatic N) is 3. The minimum absolute atomic E-state index is 0.332. The zero-order chi connectivity index (χ0) is 9.68. The first-order valence-corrected chi connectivity index (χ1v) is 4.51. The molecule has 0 atom stereocenters. The smallest absolute Gasteiger partial charge is 0.163 e. The molecule has 0 bridgehead atoms. The number of nitrogen functional groups attached to an aromatic ring is 1. The van der Waals surface area contributed by atoms with Gasteiger partial charge in [0.25, 0.3) is 0 Å². The summed E-state index contributed by atoms with van der Waals surface area (Å²) in [5, 5.41) is 12.6. The van der Waals surface area contributed by atoms with Crippen LogP contribution in [0.2, 0.25) is 0 Å². The first-order valence-electron chi connectivity index (χ1n) is 4.51. The van der Waals surface area contributed by atoms with Gasteiger partial charge in [-0.3, -0.25) is 4.68 Å². The summed E-state index contributed by atoms with van der Waals surface area (Å²) in [4.78, 5) is 0. The molecule has 0 aromatic carbocycles. The number of nitriles is 1. The SMILES string of the molecule is CCCCCn1cc(C#N)c(N)n1. The maximum absolute atomic E-state index is 8.62. The van der Waals surface area contributed by atoms with Gasteiger partial charge in [0.1, 0.15) is 11.6 Å². The number of nitrogens with two attached hydrogens (primary N) is 1. The van der Waals surface area contributed by atoms with E-state index in [1.807, 2.05) is 6.07 Å². The van der Waals surface area contributed by atoms with Crippen molar-refractivity contribution in [2.24, 2.45) is 0 Å². The van der Waals surface area contributed by atoms with E-state index in [0.29, 0.717) is 11.4 Å². The Morgan fingerprint density at radius 1 is 1.62 bits per heavy atom. The molecule has 0 amide bonds. The lowest BCUT2D eigenvalue weighted by Crippen LogP contribution is -1.99. The maximum Gasteiger partial charge on any atom is 0.163 e. The first kappa shape index (κ1) is 9.59. The Labute approximate surface area is 78.0 Å². The monoisotopic (exact) mass is 178 g/mol. The summed E-state index contributed by atoms with van der Waals surface area (Å²) >= 11 is 0. The highest BCUT2D eigenvalue weighted by molar-refractivity contribution is 5.46. The maximum atomic E-state index is 8.62. The summed E-state index contributed by atoms with van der Waals surface area (Å²) < 4.78 is 1.74. The molecule has 1 aromatic heterocycles. The van der Waals surface area contributed by atoms with Crippen LogP contribution in [0.25, 0.3) is 0 Å². The Kier molecular flexibility index (Phi) is 3.32. The molecule has 0 aliphatic rings. The van der Waals surface area contributed by atoms with Crippen LogP contribution in [0.4, 0.5) is 5.82 Å². The highest BCUT2D eigenvalue weighted by Gasteiger charge is 2.03. The molecule has 4 nitrogen and oxygen atoms in total. The minimum atomic E-state index is 0.332. The van der Waals surface area contributed by atoms with Gasteiger partial charge >= 0.3 is 0 Å². The summed E-state index contributed by atoms with van der Waals surface area (Å²) in [5.41, 5.74) is 5.97. The summed E-state index contributed by atoms with van der Waals surface area (Å²) in [7, 11) is 0. The normalized spacial score (nSPS) is 9.85. The first-order chi connectivity index (χ1) is 6.27. The summed E-state index contributed by atoms with van der Waals surface area (Å²) in [6, 6.07) is 2.00. The Morgan fingerprint density at radius 2 is 2.38 bits per heavy atom. The number of hydrogen-bond acceptors (Lipinski definition) is 3. The highest BCUT2D eigenvalue weighted by atomic mass is 15.3. The second-order valence-electron chi connectivity index (χ2n) is 3.01. The van der Waals surface area contributed by atoms with Crippen LogP contribution < -0.4 is 5.73 Å². The van der Waals surface area contributed by atoms with Gasteiger partial charge in [0, 0.05) is 12.7 Å². The van der Waals surface area contributed by atoms with Crippen LogP contribution in [0.5, 0.6) is 0 Å². The van der Waals surface area contributed by atoms with Gasteiger partial charge in [-0.1, -0.05) is 19.8 Å². The van der Waals surface area contributed by atoms with Crippen molar-refractivity contribution in [3.05, 3.63) is 11.8 Å². The van der Waals surface area contributed by atoms with E-state index in [0.717, 1.165) is 13.0 Å². The molecule has 70 valence electrons. The quantitative estimate of drug-likeness (QED) is 0.711. The number of unbranched alkanes of at least 4 members (excludes halogenated alkanes) is 2. The molecule has 13 heavy (non-hydrogen) atoms. The lowest BCUT2D eigenvalue weighted by atomic mass is 10.2. The Bertz CT molecular complexity index is 308. The van der Waals surface area contributed by atoms with E-state index in [-0.39, 0.29) is 0 Å². The predicted octanol–water partition coefficient (Wildman–Crippen LogP) is 1.53. The van der Waals surface area contributed by atoms with Crippen LogP contribution in [0, 0.1) is 11.3 Å². The van der Waals surface area contributed by atoms with E-state index in [1.54, 1.807) is 10.9 Å². The molecular weight excluding hydrogens is 164 g/mol. The third-order valence-electron chi connectivity index (χ3n) is 1.90. The third kappa shape index (κ3) is 2.48. The van der Waals surface area contributed by atoms with Crippen molar-refractivity contribution in [2.75, 3.05) is 5.73 Å². The summed E-state index contributed by atoms with van der Waals surface area (Å²) in [5.74, 6) is 0.332. The van der Waals surface area contributed by atoms with Gasteiger partial charge in [0.05, 0.1) is 0 Å². The topological polar surface area (TPSA) is 67.6 Å². The molecule has 1 aromatic rings. The zero-order valence-corrected chi connectivity index (χ0v) is 7.82. The van der Waals surface area contributed by atoms with Crippen molar-refractivity contribution in [3.63, 3.8) is 0 Å². The Morgan fingerprint density at radius 3 is 2.92 bits per heavy atom. The molecule has 0 spiro atoms. The molecule has 2 N–H and O–H groups in total. The van der Waals surface area contributed by atoms with Crippen molar-refractivity contribution in [1.82, 2.24) is 9.78 Å². The van der Waals surface area contributed by atoms with Crippen LogP contribution in [-0.2, 0) is 6.54 Å². The van der Waals surface area contributed by atoms with E-state index in [1.165, 1.54) is 12.8 Å². The average Bonchev–Trinajstić information content (AvgIpc) is 2.47. The summed E-state index contributed by atoms with van der Waals surface area (Å²) in [6.45, 7) is 3.00. The van der Waals surface area contributed by atoms with Crippen molar-refractivity contribution < 1.29 is 0 Å². The largest absolute Gasteiger partial charge is 0.381 e. The van der Waals surface area contributed by atoms with E-state index in [9.17, 15) is 0 Å². The zero-order valence-electron chi connectivity index (χ0n) is 7.82. The van der Waals surface area contributed by atoms with E-state index >= 15 is 0 Å². The molecule has 1 rings (SSSR count). The molecule has 0 aliphatic carbocycles. The molecular formula is C9H14N4.